The lowest BCUT2D eigenvalue weighted by Crippen LogP contribution is -2.52. The van der Waals surface area contributed by atoms with E-state index in [1.165, 1.54) is 0 Å². The predicted molar refractivity (Wildman–Crippen MR) is 118 cm³/mol. The molecule has 1 fully saturated rings. The first-order valence-electron chi connectivity index (χ1n) is 10.8. The first-order valence-corrected chi connectivity index (χ1v) is 10.8. The summed E-state index contributed by atoms with van der Waals surface area (Å²) < 4.78 is 0. The minimum absolute atomic E-state index is 0.0155. The molecule has 0 saturated carbocycles. The SMILES string of the molecule is CCCNC(=O)CN(C)CC(=O)N1CCN(CC(=O)Nc2ccccc2CC)CC1. The number of carbonyl (C=O) groups is 3. The minimum atomic E-state index is -0.0624. The number of likely N-dealkylation sites (N-methyl/N-ethyl adjacent to an activating group) is 1. The average molecular weight is 418 g/mol. The summed E-state index contributed by atoms with van der Waals surface area (Å²) in [6.45, 7) is 7.97. The molecule has 8 nitrogen and oxygen atoms in total. The molecular formula is C22H35N5O3. The third-order valence-corrected chi connectivity index (χ3v) is 5.16. The van der Waals surface area contributed by atoms with Gasteiger partial charge in [0.1, 0.15) is 0 Å². The monoisotopic (exact) mass is 417 g/mol. The lowest BCUT2D eigenvalue weighted by molar-refractivity contribution is -0.134. The predicted octanol–water partition coefficient (Wildman–Crippen LogP) is 0.790. The van der Waals surface area contributed by atoms with Gasteiger partial charge in [0.25, 0.3) is 0 Å². The molecule has 1 heterocycles. The van der Waals surface area contributed by atoms with Crippen LogP contribution in [-0.4, -0.2) is 91.8 Å². The van der Waals surface area contributed by atoms with Crippen molar-refractivity contribution in [1.29, 1.82) is 0 Å². The highest BCUT2D eigenvalue weighted by Crippen LogP contribution is 2.15. The zero-order valence-corrected chi connectivity index (χ0v) is 18.4. The Balaban J connectivity index is 1.71. The number of carbonyl (C=O) groups excluding carboxylic acids is 3. The first kappa shape index (κ1) is 23.8. The Morgan fingerprint density at radius 3 is 2.37 bits per heavy atom. The summed E-state index contributed by atoms with van der Waals surface area (Å²) in [5, 5.41) is 5.81. The van der Waals surface area contributed by atoms with Crippen molar-refractivity contribution in [2.45, 2.75) is 26.7 Å². The third kappa shape index (κ3) is 7.76. The van der Waals surface area contributed by atoms with E-state index in [9.17, 15) is 14.4 Å². The number of amides is 3. The molecule has 0 spiro atoms. The molecule has 2 N–H and O–H groups in total. The highest BCUT2D eigenvalue weighted by atomic mass is 16.2. The quantitative estimate of drug-likeness (QED) is 0.588. The molecule has 1 aliphatic heterocycles. The van der Waals surface area contributed by atoms with Gasteiger partial charge in [-0.05, 0) is 31.5 Å². The van der Waals surface area contributed by atoms with E-state index in [1.54, 1.807) is 16.8 Å². The average Bonchev–Trinajstić information content (AvgIpc) is 2.72. The summed E-state index contributed by atoms with van der Waals surface area (Å²) in [7, 11) is 1.78. The van der Waals surface area contributed by atoms with Crippen LogP contribution in [0.3, 0.4) is 0 Å². The Morgan fingerprint density at radius 2 is 1.70 bits per heavy atom. The van der Waals surface area contributed by atoms with E-state index in [4.69, 9.17) is 0 Å². The summed E-state index contributed by atoms with van der Waals surface area (Å²) in [6.07, 6.45) is 1.76. The topological polar surface area (TPSA) is 85.0 Å². The lowest BCUT2D eigenvalue weighted by atomic mass is 10.1. The molecule has 30 heavy (non-hydrogen) atoms. The second-order valence-electron chi connectivity index (χ2n) is 7.74. The van der Waals surface area contributed by atoms with Gasteiger partial charge in [0.2, 0.25) is 17.7 Å². The molecule has 0 aromatic heterocycles. The number of para-hydroxylation sites is 1. The fraction of sp³-hybridized carbons (Fsp3) is 0.591. The van der Waals surface area contributed by atoms with Crippen LogP contribution in [0.2, 0.25) is 0 Å². The zero-order chi connectivity index (χ0) is 21.9. The molecule has 1 aromatic carbocycles. The van der Waals surface area contributed by atoms with Gasteiger partial charge in [0.15, 0.2) is 0 Å². The van der Waals surface area contributed by atoms with E-state index >= 15 is 0 Å². The van der Waals surface area contributed by atoms with Crippen molar-refractivity contribution in [2.75, 3.05) is 64.7 Å². The Labute approximate surface area is 179 Å². The number of nitrogens with zero attached hydrogens (tertiary/aromatic N) is 3. The molecule has 3 amide bonds. The van der Waals surface area contributed by atoms with Crippen LogP contribution < -0.4 is 10.6 Å². The normalized spacial score (nSPS) is 14.6. The van der Waals surface area contributed by atoms with E-state index in [1.807, 2.05) is 31.2 Å². The number of piperazine rings is 1. The molecule has 2 rings (SSSR count). The molecule has 0 aliphatic carbocycles. The van der Waals surface area contributed by atoms with Gasteiger partial charge in [0, 0.05) is 38.4 Å². The maximum absolute atomic E-state index is 12.5. The molecule has 0 bridgehead atoms. The van der Waals surface area contributed by atoms with Crippen molar-refractivity contribution in [3.63, 3.8) is 0 Å². The second-order valence-corrected chi connectivity index (χ2v) is 7.74. The number of nitrogens with one attached hydrogen (secondary N) is 2. The van der Waals surface area contributed by atoms with Crippen molar-refractivity contribution < 1.29 is 14.4 Å². The summed E-state index contributed by atoms with van der Waals surface area (Å²) >= 11 is 0. The zero-order valence-electron chi connectivity index (χ0n) is 18.4. The van der Waals surface area contributed by atoms with Gasteiger partial charge < -0.3 is 15.5 Å². The second kappa shape index (κ2) is 12.3. The highest BCUT2D eigenvalue weighted by molar-refractivity contribution is 5.93. The smallest absolute Gasteiger partial charge is 0.238 e. The van der Waals surface area contributed by atoms with Crippen molar-refractivity contribution in [2.24, 2.45) is 0 Å². The minimum Gasteiger partial charge on any atom is -0.355 e. The first-order chi connectivity index (χ1) is 14.4. The van der Waals surface area contributed by atoms with Crippen LogP contribution in [-0.2, 0) is 20.8 Å². The van der Waals surface area contributed by atoms with E-state index < -0.39 is 0 Å². The fourth-order valence-electron chi connectivity index (χ4n) is 3.45. The summed E-state index contributed by atoms with van der Waals surface area (Å²) in [5.41, 5.74) is 1.98. The third-order valence-electron chi connectivity index (χ3n) is 5.16. The van der Waals surface area contributed by atoms with E-state index in [0.717, 1.165) is 24.1 Å². The van der Waals surface area contributed by atoms with Crippen LogP contribution in [0.5, 0.6) is 0 Å². The summed E-state index contributed by atoms with van der Waals surface area (Å²) in [6, 6.07) is 7.83. The molecule has 1 aromatic rings. The van der Waals surface area contributed by atoms with Crippen LogP contribution in [0.1, 0.15) is 25.8 Å². The number of benzene rings is 1. The van der Waals surface area contributed by atoms with Crippen LogP contribution >= 0.6 is 0 Å². The molecule has 1 saturated heterocycles. The summed E-state index contributed by atoms with van der Waals surface area (Å²) in [5.74, 6) is -0.0807. The fourth-order valence-corrected chi connectivity index (χ4v) is 3.45. The maximum Gasteiger partial charge on any atom is 0.238 e. The van der Waals surface area contributed by atoms with Crippen LogP contribution in [0.4, 0.5) is 5.69 Å². The van der Waals surface area contributed by atoms with Crippen LogP contribution in [0.15, 0.2) is 24.3 Å². The van der Waals surface area contributed by atoms with Gasteiger partial charge in [-0.1, -0.05) is 32.0 Å². The van der Waals surface area contributed by atoms with Gasteiger partial charge in [-0.15, -0.1) is 0 Å². The van der Waals surface area contributed by atoms with Gasteiger partial charge in [-0.3, -0.25) is 24.2 Å². The van der Waals surface area contributed by atoms with E-state index in [0.29, 0.717) is 39.3 Å². The van der Waals surface area contributed by atoms with Crippen molar-refractivity contribution in [3.05, 3.63) is 29.8 Å². The van der Waals surface area contributed by atoms with Crippen molar-refractivity contribution in [1.82, 2.24) is 20.0 Å². The molecule has 0 unspecified atom stereocenters. The standard InChI is InChI=1S/C22H35N5O3/c1-4-10-23-20(28)15-25(3)17-22(30)27-13-11-26(12-14-27)16-21(29)24-19-9-7-6-8-18(19)5-2/h6-9H,4-5,10-17H2,1-3H3,(H,23,28)(H,24,29). The molecule has 0 radical (unpaired) electrons. The molecular weight excluding hydrogens is 382 g/mol. The lowest BCUT2D eigenvalue weighted by Gasteiger charge is -2.35. The molecule has 8 heteroatoms. The highest BCUT2D eigenvalue weighted by Gasteiger charge is 2.23. The maximum atomic E-state index is 12.5. The number of rotatable bonds is 10. The van der Waals surface area contributed by atoms with Gasteiger partial charge in [0.05, 0.1) is 19.6 Å². The Hall–Kier alpha value is -2.45. The largest absolute Gasteiger partial charge is 0.355 e. The number of aryl methyl sites for hydroxylation is 1. The van der Waals surface area contributed by atoms with E-state index in [2.05, 4.69) is 22.5 Å². The summed E-state index contributed by atoms with van der Waals surface area (Å²) in [4.78, 5) is 42.3. The van der Waals surface area contributed by atoms with Crippen molar-refractivity contribution in [3.8, 4) is 0 Å². The molecule has 0 atom stereocenters. The Kier molecular flexibility index (Phi) is 9.76. The van der Waals surface area contributed by atoms with Gasteiger partial charge >= 0.3 is 0 Å². The Bertz CT molecular complexity index is 716. The van der Waals surface area contributed by atoms with Gasteiger partial charge in [-0.25, -0.2) is 0 Å². The van der Waals surface area contributed by atoms with Crippen LogP contribution in [0, 0.1) is 0 Å². The number of hydrogen-bond donors (Lipinski definition) is 2. The van der Waals surface area contributed by atoms with Gasteiger partial charge in [-0.2, -0.15) is 0 Å². The Morgan fingerprint density at radius 1 is 1.00 bits per heavy atom. The van der Waals surface area contributed by atoms with Crippen LogP contribution in [0.25, 0.3) is 0 Å². The number of anilines is 1. The molecule has 1 aliphatic rings. The molecule has 166 valence electrons. The number of hydrogen-bond acceptors (Lipinski definition) is 5. The van der Waals surface area contributed by atoms with Crippen molar-refractivity contribution >= 4 is 23.4 Å². The van der Waals surface area contributed by atoms with E-state index in [-0.39, 0.29) is 30.8 Å².